The third-order valence-electron chi connectivity index (χ3n) is 16.7. The van der Waals surface area contributed by atoms with E-state index in [9.17, 15) is 19.2 Å². The van der Waals surface area contributed by atoms with Gasteiger partial charge in [-0.1, -0.05) is 67.8 Å². The Morgan fingerprint density at radius 1 is 0.614 bits per heavy atom. The minimum Gasteiger partial charge on any atom is -0.396 e. The number of nitrogens with one attached hydrogen (secondary N) is 1. The molecule has 0 atom stereocenters. The van der Waals surface area contributed by atoms with Crippen LogP contribution >= 0.6 is 0 Å². The van der Waals surface area contributed by atoms with Crippen LogP contribution in [0.3, 0.4) is 0 Å². The van der Waals surface area contributed by atoms with E-state index in [1.54, 1.807) is 40.5 Å². The van der Waals surface area contributed by atoms with Crippen molar-refractivity contribution in [2.75, 3.05) is 130 Å². The number of rotatable bonds is 14. The van der Waals surface area contributed by atoms with E-state index in [1.165, 1.54) is 22.8 Å². The molecule has 22 heteroatoms. The van der Waals surface area contributed by atoms with Crippen LogP contribution in [0.5, 0.6) is 0 Å². The Hall–Kier alpha value is -8.24. The minimum absolute atomic E-state index is 0. The van der Waals surface area contributed by atoms with Crippen LogP contribution in [0.2, 0.25) is 0 Å². The first-order chi connectivity index (χ1) is 39.0. The summed E-state index contributed by atoms with van der Waals surface area (Å²) in [6.45, 7) is 34.9. The van der Waals surface area contributed by atoms with Gasteiger partial charge in [0.05, 0.1) is 39.5 Å². The molecular formula is C61H82FN17O4. The van der Waals surface area contributed by atoms with Gasteiger partial charge in [-0.25, -0.2) is 14.4 Å². The van der Waals surface area contributed by atoms with Crippen molar-refractivity contribution in [3.05, 3.63) is 117 Å². The molecule has 0 radical (unpaired) electrons. The number of benzene rings is 2. The lowest BCUT2D eigenvalue weighted by molar-refractivity contribution is -0.127. The zero-order valence-corrected chi connectivity index (χ0v) is 47.9. The number of nitrogens with two attached hydrogens (primary N) is 1. The predicted molar refractivity (Wildman–Crippen MR) is 333 cm³/mol. The Balaban J connectivity index is 0.000000212. The van der Waals surface area contributed by atoms with Gasteiger partial charge in [-0.3, -0.25) is 43.2 Å². The lowest BCUT2D eigenvalue weighted by Crippen LogP contribution is -2.60. The Bertz CT molecular complexity index is 3690. The van der Waals surface area contributed by atoms with E-state index in [4.69, 9.17) is 25.7 Å². The quantitative estimate of drug-likeness (QED) is 0.0892. The average Bonchev–Trinajstić information content (AvgIpc) is 4.05. The van der Waals surface area contributed by atoms with E-state index in [2.05, 4.69) is 80.4 Å². The Kier molecular flexibility index (Phi) is 18.4. The van der Waals surface area contributed by atoms with Crippen molar-refractivity contribution in [2.24, 2.45) is 0 Å². The summed E-state index contributed by atoms with van der Waals surface area (Å²) in [5.74, 6) is 1.64. The number of nitrogens with zero attached hydrogens (tertiary/aromatic N) is 15. The number of aryl methyl sites for hydroxylation is 4. The first-order valence-corrected chi connectivity index (χ1v) is 28.2. The predicted octanol–water partition coefficient (Wildman–Crippen LogP) is 6.39. The van der Waals surface area contributed by atoms with Gasteiger partial charge < -0.3 is 35.1 Å². The van der Waals surface area contributed by atoms with Crippen molar-refractivity contribution in [1.82, 2.24) is 58.9 Å². The van der Waals surface area contributed by atoms with Crippen LogP contribution in [0, 0.1) is 33.5 Å². The van der Waals surface area contributed by atoms with E-state index in [-0.39, 0.29) is 49.1 Å². The van der Waals surface area contributed by atoms with Crippen LogP contribution in [0.4, 0.5) is 33.6 Å². The molecule has 0 spiro atoms. The van der Waals surface area contributed by atoms with Crippen LogP contribution in [0.25, 0.3) is 44.1 Å². The highest BCUT2D eigenvalue weighted by Crippen LogP contribution is 2.34. The summed E-state index contributed by atoms with van der Waals surface area (Å²) in [5, 5.41) is 9.47. The second-order valence-corrected chi connectivity index (χ2v) is 21.4. The van der Waals surface area contributed by atoms with E-state index < -0.39 is 11.4 Å². The molecule has 4 fully saturated rings. The largest absolute Gasteiger partial charge is 0.396 e. The fraction of sp³-hybridized carbons (Fsp3) is 0.459. The number of nitrogen functional groups attached to an aromatic ring is 1. The summed E-state index contributed by atoms with van der Waals surface area (Å²) in [6.07, 6.45) is 4.45. The molecule has 83 heavy (non-hydrogen) atoms. The number of likely N-dealkylation sites (N-methyl/N-ethyl adjacent to an activating group) is 2. The zero-order chi connectivity index (χ0) is 57.6. The fourth-order valence-corrected chi connectivity index (χ4v) is 12.0. The maximum atomic E-state index is 15.3. The van der Waals surface area contributed by atoms with Gasteiger partial charge in [0.1, 0.15) is 22.7 Å². The van der Waals surface area contributed by atoms with E-state index >= 15 is 4.39 Å². The van der Waals surface area contributed by atoms with E-state index in [0.29, 0.717) is 104 Å². The topological polar surface area (TPSA) is 210 Å². The molecule has 0 unspecified atom stereocenters. The molecular weight excluding hydrogens is 1050 g/mol. The summed E-state index contributed by atoms with van der Waals surface area (Å²) in [7, 11) is 0. The Labute approximate surface area is 485 Å². The molecule has 0 bridgehead atoms. The number of carbonyl (C=O) groups excluding carboxylic acids is 2. The standard InChI is InChI=1S/C30H37N9O2.C29H37FN8O2.2CH4/c1-6-25(40)36-11-13-37(14-12-36)28-22-15-20(5)39(27-19(4)9-10-24-23(27)16-31-34-24)29(41)26(22)32-30(33-28)38-17-21(18-38)35(7-2)8-3;1-6-23(39)35-11-13-36(14-12-35)27-21-15-19(5)38(26-18(4)9-10-22(31)24(26)30)28(40)25(21)32-29(33-27)37-16-20(17-37)34(7-2)8-3;;/h6,9-10,15-16,21H,1,7-8,11-14,17-18H2,2-5H3,(H,31,34);6,9-10,15,20H,1,7-8,11-14,16-17,31H2,2-5H3;2*1H4. The number of H-pyrrole nitrogens is 1. The first kappa shape index (κ1) is 60.8. The van der Waals surface area contributed by atoms with Gasteiger partial charge in [0, 0.05) is 107 Å². The molecule has 7 aromatic rings. The van der Waals surface area contributed by atoms with Gasteiger partial charge in [-0.15, -0.1) is 0 Å². The average molecular weight is 1140 g/mol. The highest BCUT2D eigenvalue weighted by Gasteiger charge is 2.36. The summed E-state index contributed by atoms with van der Waals surface area (Å²) < 4.78 is 18.4. The minimum atomic E-state index is -0.633. The molecule has 4 aliphatic rings. The van der Waals surface area contributed by atoms with Crippen LogP contribution < -0.4 is 36.5 Å². The second-order valence-electron chi connectivity index (χ2n) is 21.4. The van der Waals surface area contributed by atoms with Crippen LogP contribution in [-0.2, 0) is 9.59 Å². The Morgan fingerprint density at radius 3 is 1.45 bits per heavy atom. The molecule has 442 valence electrons. The van der Waals surface area contributed by atoms with Gasteiger partial charge in [-0.2, -0.15) is 15.1 Å². The van der Waals surface area contributed by atoms with Crippen molar-refractivity contribution >= 4 is 73.7 Å². The summed E-state index contributed by atoms with van der Waals surface area (Å²) in [6, 6.07) is 11.9. The molecule has 2 aromatic carbocycles. The lowest BCUT2D eigenvalue weighted by Gasteiger charge is -2.45. The number of anilines is 5. The van der Waals surface area contributed by atoms with Gasteiger partial charge in [0.25, 0.3) is 11.1 Å². The molecule has 11 rings (SSSR count). The van der Waals surface area contributed by atoms with Gasteiger partial charge >= 0.3 is 0 Å². The van der Waals surface area contributed by atoms with Crippen LogP contribution in [0.15, 0.2) is 77.5 Å². The molecule has 0 aliphatic carbocycles. The van der Waals surface area contributed by atoms with Crippen LogP contribution in [0.1, 0.15) is 65.1 Å². The van der Waals surface area contributed by atoms with E-state index in [0.717, 1.165) is 91.4 Å². The molecule has 4 aliphatic heterocycles. The zero-order valence-electron chi connectivity index (χ0n) is 47.9. The molecule has 9 heterocycles. The van der Waals surface area contributed by atoms with Gasteiger partial charge in [-0.05, 0) is 101 Å². The molecule has 4 saturated heterocycles. The molecule has 5 aromatic heterocycles. The fourth-order valence-electron chi connectivity index (χ4n) is 12.0. The third-order valence-corrected chi connectivity index (χ3v) is 16.7. The number of hydrogen-bond donors (Lipinski definition) is 2. The number of fused-ring (bicyclic) bond motifs is 3. The summed E-state index contributed by atoms with van der Waals surface area (Å²) >= 11 is 0. The summed E-state index contributed by atoms with van der Waals surface area (Å²) in [4.78, 5) is 89.4. The number of amides is 2. The number of aromatic amines is 1. The lowest BCUT2D eigenvalue weighted by atomic mass is 10.1. The van der Waals surface area contributed by atoms with Crippen molar-refractivity contribution in [3.8, 4) is 11.4 Å². The highest BCUT2D eigenvalue weighted by atomic mass is 19.1. The van der Waals surface area contributed by atoms with Gasteiger partial charge in [0.15, 0.2) is 5.82 Å². The van der Waals surface area contributed by atoms with E-state index in [1.807, 2.05) is 38.1 Å². The molecule has 0 saturated carbocycles. The first-order valence-electron chi connectivity index (χ1n) is 28.2. The SMILES string of the molecule is C.C.C=CC(=O)N1CCN(c2nc(N3CC(N(CC)CC)C3)nc3c(=O)n(-c4c(C)ccc(N)c4F)c(C)cc23)CC1.C=CC(=O)N1CCN(c2nc(N3CC(N(CC)CC)C3)nc3c(=O)n(-c4c(C)ccc5[nH]ncc45)c(C)cc23)CC1. The van der Waals surface area contributed by atoms with Crippen molar-refractivity contribution < 1.29 is 14.0 Å². The number of piperazine rings is 2. The smallest absolute Gasteiger partial charge is 0.282 e. The van der Waals surface area contributed by atoms with Gasteiger partial charge in [0.2, 0.25) is 23.7 Å². The number of halogens is 1. The van der Waals surface area contributed by atoms with Crippen molar-refractivity contribution in [1.29, 1.82) is 0 Å². The number of carbonyl (C=O) groups is 2. The van der Waals surface area contributed by atoms with Crippen molar-refractivity contribution in [2.45, 2.75) is 82.3 Å². The Morgan fingerprint density at radius 2 is 1.02 bits per heavy atom. The van der Waals surface area contributed by atoms with Crippen LogP contribution in [-0.4, -0.2) is 187 Å². The molecule has 21 nitrogen and oxygen atoms in total. The second kappa shape index (κ2) is 25.1. The number of aromatic nitrogens is 8. The highest BCUT2D eigenvalue weighted by molar-refractivity contribution is 5.94. The molecule has 3 N–H and O–H groups in total. The normalized spacial score (nSPS) is 15.7. The number of pyridine rings is 2. The summed E-state index contributed by atoms with van der Waals surface area (Å²) in [5.41, 5.74) is 10.6. The third kappa shape index (κ3) is 11.2. The maximum Gasteiger partial charge on any atom is 0.282 e. The van der Waals surface area contributed by atoms with Crippen molar-refractivity contribution in [3.63, 3.8) is 0 Å². The maximum absolute atomic E-state index is 15.3. The molecule has 2 amide bonds. The number of hydrogen-bond acceptors (Lipinski definition) is 16. The monoisotopic (exact) mass is 1140 g/mol.